The second kappa shape index (κ2) is 7.48. The van der Waals surface area contributed by atoms with E-state index in [1.807, 2.05) is 11.8 Å². The van der Waals surface area contributed by atoms with Gasteiger partial charge >= 0.3 is 13.3 Å². The van der Waals surface area contributed by atoms with Crippen LogP contribution in [0.15, 0.2) is 0 Å². The monoisotopic (exact) mass is 246 g/mol. The lowest BCUT2D eigenvalue weighted by atomic mass is 9.78. The summed E-state index contributed by atoms with van der Waals surface area (Å²) >= 11 is 5.11. The van der Waals surface area contributed by atoms with Crippen molar-refractivity contribution >= 4 is 30.5 Å². The van der Waals surface area contributed by atoms with E-state index in [4.69, 9.17) is 37.6 Å². The summed E-state index contributed by atoms with van der Waals surface area (Å²) in [6.45, 7) is 2.59. The van der Waals surface area contributed by atoms with Gasteiger partial charge in [0, 0.05) is 6.54 Å². The normalized spacial score (nSPS) is 20.5. The van der Waals surface area contributed by atoms with E-state index >= 15 is 0 Å². The first-order chi connectivity index (χ1) is 7.45. The Morgan fingerprint density at radius 2 is 2.12 bits per heavy atom. The van der Waals surface area contributed by atoms with E-state index in [9.17, 15) is 0 Å². The summed E-state index contributed by atoms with van der Waals surface area (Å²) < 4.78 is 0. The zero-order valence-corrected chi connectivity index (χ0v) is 9.81. The van der Waals surface area contributed by atoms with E-state index in [1.165, 1.54) is 0 Å². The highest BCUT2D eigenvalue weighted by molar-refractivity contribution is 7.80. The summed E-state index contributed by atoms with van der Waals surface area (Å²) in [5, 5.41) is 18.1. The Morgan fingerprint density at radius 1 is 1.62 bits per heavy atom. The van der Waals surface area contributed by atoms with Gasteiger partial charge in [-0.1, -0.05) is 12.2 Å². The molecular formula is C8H15BN2O4S. The van der Waals surface area contributed by atoms with Crippen LogP contribution in [0, 0.1) is 0 Å². The van der Waals surface area contributed by atoms with Crippen molar-refractivity contribution in [1.82, 2.24) is 4.90 Å². The summed E-state index contributed by atoms with van der Waals surface area (Å²) in [4.78, 5) is 18.7. The molecule has 0 aromatic heterocycles. The van der Waals surface area contributed by atoms with Crippen molar-refractivity contribution in [2.75, 3.05) is 6.54 Å². The highest BCUT2D eigenvalue weighted by Gasteiger charge is 2.35. The Morgan fingerprint density at radius 3 is 2.50 bits per heavy atom. The van der Waals surface area contributed by atoms with Crippen LogP contribution in [0.25, 0.3) is 0 Å². The standard InChI is InChI=1S/C7H15BN2O2S.CO2/c1-5(9)7(13)10-4-2-3-6(10)8(11)12;2-1-3/h5-6,11-12H,2-4,9H2,1H3;/t5-,6-;/m0./s1. The molecule has 4 N–H and O–H groups in total. The van der Waals surface area contributed by atoms with Gasteiger partial charge in [0.1, 0.15) is 0 Å². The van der Waals surface area contributed by atoms with Crippen molar-refractivity contribution in [1.29, 1.82) is 0 Å². The maximum atomic E-state index is 9.07. The number of carbonyl (C=O) groups excluding carboxylic acids is 2. The highest BCUT2D eigenvalue weighted by atomic mass is 32.1. The van der Waals surface area contributed by atoms with E-state index in [-0.39, 0.29) is 18.1 Å². The van der Waals surface area contributed by atoms with Gasteiger partial charge in [0.25, 0.3) is 0 Å². The molecule has 0 aliphatic carbocycles. The third-order valence-electron chi connectivity index (χ3n) is 2.32. The number of hydrogen-bond donors (Lipinski definition) is 3. The van der Waals surface area contributed by atoms with Gasteiger partial charge in [0.05, 0.1) is 17.0 Å². The van der Waals surface area contributed by atoms with Gasteiger partial charge in [0.2, 0.25) is 0 Å². The predicted molar refractivity (Wildman–Crippen MR) is 61.2 cm³/mol. The molecule has 0 aromatic rings. The van der Waals surface area contributed by atoms with Crippen molar-refractivity contribution in [2.45, 2.75) is 31.7 Å². The molecule has 0 saturated carbocycles. The molecule has 0 amide bonds. The highest BCUT2D eigenvalue weighted by Crippen LogP contribution is 2.19. The van der Waals surface area contributed by atoms with Crippen LogP contribution < -0.4 is 5.73 Å². The molecule has 1 aliphatic heterocycles. The lowest BCUT2D eigenvalue weighted by molar-refractivity contribution is -0.191. The molecule has 1 fully saturated rings. The summed E-state index contributed by atoms with van der Waals surface area (Å²) in [5.41, 5.74) is 5.63. The summed E-state index contributed by atoms with van der Waals surface area (Å²) in [6, 6.07) is -0.200. The van der Waals surface area contributed by atoms with Crippen LogP contribution in [0.5, 0.6) is 0 Å². The van der Waals surface area contributed by atoms with Gasteiger partial charge in [-0.3, -0.25) is 0 Å². The first-order valence-corrected chi connectivity index (χ1v) is 5.28. The van der Waals surface area contributed by atoms with Crippen molar-refractivity contribution in [2.24, 2.45) is 5.73 Å². The second-order valence-electron chi connectivity index (χ2n) is 3.53. The molecule has 90 valence electrons. The zero-order valence-electron chi connectivity index (χ0n) is 9.00. The molecule has 16 heavy (non-hydrogen) atoms. The van der Waals surface area contributed by atoms with Crippen LogP contribution in [0.1, 0.15) is 19.8 Å². The molecule has 1 saturated heterocycles. The maximum Gasteiger partial charge on any atom is 0.475 e. The Bertz CT molecular complexity index is 269. The van der Waals surface area contributed by atoms with Crippen LogP contribution in [0.2, 0.25) is 0 Å². The molecule has 0 unspecified atom stereocenters. The van der Waals surface area contributed by atoms with Gasteiger partial charge < -0.3 is 20.7 Å². The van der Waals surface area contributed by atoms with Crippen LogP contribution >= 0.6 is 12.2 Å². The van der Waals surface area contributed by atoms with E-state index in [2.05, 4.69) is 0 Å². The molecule has 0 aromatic carbocycles. The first kappa shape index (κ1) is 15.2. The molecule has 0 radical (unpaired) electrons. The second-order valence-corrected chi connectivity index (χ2v) is 3.95. The van der Waals surface area contributed by atoms with Crippen molar-refractivity contribution in [3.8, 4) is 0 Å². The van der Waals surface area contributed by atoms with Crippen molar-refractivity contribution in [3.05, 3.63) is 0 Å². The van der Waals surface area contributed by atoms with Crippen molar-refractivity contribution < 1.29 is 19.6 Å². The van der Waals surface area contributed by atoms with Gasteiger partial charge in [-0.25, -0.2) is 0 Å². The van der Waals surface area contributed by atoms with E-state index in [1.54, 1.807) is 0 Å². The molecule has 1 aliphatic rings. The molecule has 0 bridgehead atoms. The fraction of sp³-hybridized carbons (Fsp3) is 0.750. The van der Waals surface area contributed by atoms with Gasteiger partial charge in [0.15, 0.2) is 0 Å². The van der Waals surface area contributed by atoms with Crippen molar-refractivity contribution in [3.63, 3.8) is 0 Å². The molecule has 0 spiro atoms. The lowest BCUT2D eigenvalue weighted by Crippen LogP contribution is -2.49. The third-order valence-corrected chi connectivity index (χ3v) is 2.92. The SMILES string of the molecule is C[C@H](N)C(=S)N1CCC[C@H]1B(O)O.O=C=O. The molecule has 1 rings (SSSR count). The number of rotatable bonds is 2. The van der Waals surface area contributed by atoms with Gasteiger partial charge in [-0.2, -0.15) is 9.59 Å². The zero-order chi connectivity index (χ0) is 12.7. The topological polar surface area (TPSA) is 104 Å². The molecular weight excluding hydrogens is 231 g/mol. The first-order valence-electron chi connectivity index (χ1n) is 4.87. The van der Waals surface area contributed by atoms with E-state index in [0.29, 0.717) is 4.99 Å². The average Bonchev–Trinajstić information content (AvgIpc) is 2.65. The van der Waals surface area contributed by atoms with E-state index < -0.39 is 7.12 Å². The summed E-state index contributed by atoms with van der Waals surface area (Å²) in [7, 11) is -1.32. The van der Waals surface area contributed by atoms with Gasteiger partial charge in [-0.15, -0.1) is 0 Å². The Labute approximate surface area is 99.6 Å². The van der Waals surface area contributed by atoms with Crippen LogP contribution in [-0.4, -0.2) is 51.7 Å². The number of thiocarbonyl (C=S) groups is 1. The summed E-state index contributed by atoms with van der Waals surface area (Å²) in [6.07, 6.45) is 1.96. The molecule has 6 nitrogen and oxygen atoms in total. The average molecular weight is 246 g/mol. The number of nitrogens with two attached hydrogens (primary N) is 1. The number of nitrogens with zero attached hydrogens (tertiary/aromatic N) is 1. The Balaban J connectivity index is 0.000000673. The smallest absolute Gasteiger partial charge is 0.426 e. The minimum atomic E-state index is -1.32. The quantitative estimate of drug-likeness (QED) is 0.404. The summed E-state index contributed by atoms with van der Waals surface area (Å²) in [5.74, 6) is -0.265. The number of likely N-dealkylation sites (tertiary alicyclic amines) is 1. The predicted octanol–water partition coefficient (Wildman–Crippen LogP) is -1.45. The number of hydrogen-bond acceptors (Lipinski definition) is 6. The minimum absolute atomic E-state index is 0.200. The Kier molecular flexibility index (Phi) is 7.11. The Hall–Kier alpha value is -0.785. The lowest BCUT2D eigenvalue weighted by Gasteiger charge is -2.28. The third kappa shape index (κ3) is 4.38. The largest absolute Gasteiger partial charge is 0.475 e. The fourth-order valence-corrected chi connectivity index (χ4v) is 1.86. The minimum Gasteiger partial charge on any atom is -0.426 e. The van der Waals surface area contributed by atoms with Crippen LogP contribution in [0.4, 0.5) is 0 Å². The van der Waals surface area contributed by atoms with E-state index in [0.717, 1.165) is 19.4 Å². The maximum absolute atomic E-state index is 9.07. The molecule has 2 atom stereocenters. The van der Waals surface area contributed by atoms with Crippen LogP contribution in [0.3, 0.4) is 0 Å². The molecule has 8 heteroatoms. The van der Waals surface area contributed by atoms with Gasteiger partial charge in [-0.05, 0) is 19.8 Å². The molecule has 1 heterocycles. The fourth-order valence-electron chi connectivity index (χ4n) is 1.64. The van der Waals surface area contributed by atoms with Crippen LogP contribution in [-0.2, 0) is 9.59 Å².